The van der Waals surface area contributed by atoms with Crippen molar-refractivity contribution < 1.29 is 17.5 Å². The third-order valence-electron chi connectivity index (χ3n) is 4.75. The van der Waals surface area contributed by atoms with Gasteiger partial charge in [-0.3, -0.25) is 4.90 Å². The van der Waals surface area contributed by atoms with Crippen molar-refractivity contribution in [1.29, 1.82) is 0 Å². The first kappa shape index (κ1) is 18.9. The fourth-order valence-corrected chi connectivity index (χ4v) is 5.14. The van der Waals surface area contributed by atoms with Crippen LogP contribution in [0.15, 0.2) is 48.5 Å². The van der Waals surface area contributed by atoms with Gasteiger partial charge in [0.1, 0.15) is 18.2 Å². The van der Waals surface area contributed by atoms with Crippen molar-refractivity contribution in [2.75, 3.05) is 18.1 Å². The lowest BCUT2D eigenvalue weighted by molar-refractivity contribution is 0.131. The molecule has 140 valence electrons. The Labute approximate surface area is 154 Å². The van der Waals surface area contributed by atoms with Gasteiger partial charge >= 0.3 is 0 Å². The van der Waals surface area contributed by atoms with Crippen LogP contribution < -0.4 is 4.74 Å². The van der Waals surface area contributed by atoms with Gasteiger partial charge in [0, 0.05) is 24.2 Å². The molecule has 0 spiro atoms. The summed E-state index contributed by atoms with van der Waals surface area (Å²) in [5.74, 6) is 0.799. The molecule has 4 nitrogen and oxygen atoms in total. The predicted octanol–water partition coefficient (Wildman–Crippen LogP) is 3.41. The lowest BCUT2D eigenvalue weighted by Crippen LogP contribution is -2.54. The van der Waals surface area contributed by atoms with Crippen LogP contribution in [0.25, 0.3) is 0 Å². The second kappa shape index (κ2) is 7.37. The highest BCUT2D eigenvalue weighted by molar-refractivity contribution is 7.91. The van der Waals surface area contributed by atoms with Gasteiger partial charge in [-0.2, -0.15) is 0 Å². The molecule has 0 unspecified atom stereocenters. The molecular formula is C20H24FNO3S. The van der Waals surface area contributed by atoms with E-state index in [4.69, 9.17) is 4.74 Å². The largest absolute Gasteiger partial charge is 0.489 e. The summed E-state index contributed by atoms with van der Waals surface area (Å²) in [6.45, 7) is 5.35. The number of hydrogen-bond acceptors (Lipinski definition) is 4. The number of hydrogen-bond donors (Lipinski definition) is 0. The van der Waals surface area contributed by atoms with Gasteiger partial charge in [-0.15, -0.1) is 0 Å². The number of nitrogens with zero attached hydrogens (tertiary/aromatic N) is 1. The van der Waals surface area contributed by atoms with Crippen molar-refractivity contribution in [3.8, 4) is 5.75 Å². The lowest BCUT2D eigenvalue weighted by Gasteiger charge is -2.42. The summed E-state index contributed by atoms with van der Waals surface area (Å²) in [6, 6.07) is 14.2. The van der Waals surface area contributed by atoms with Crippen LogP contribution in [-0.2, 0) is 23.0 Å². The molecule has 1 aliphatic heterocycles. The van der Waals surface area contributed by atoms with Crippen LogP contribution in [0, 0.1) is 5.82 Å². The molecule has 0 bridgehead atoms. The average molecular weight is 377 g/mol. The van der Waals surface area contributed by atoms with E-state index < -0.39 is 9.84 Å². The van der Waals surface area contributed by atoms with Crippen LogP contribution in [0.1, 0.15) is 25.0 Å². The van der Waals surface area contributed by atoms with E-state index >= 15 is 0 Å². The zero-order valence-electron chi connectivity index (χ0n) is 15.1. The Hall–Kier alpha value is -1.92. The minimum Gasteiger partial charge on any atom is -0.489 e. The van der Waals surface area contributed by atoms with E-state index in [1.807, 2.05) is 38.1 Å². The molecule has 0 aromatic heterocycles. The van der Waals surface area contributed by atoms with E-state index in [9.17, 15) is 12.8 Å². The van der Waals surface area contributed by atoms with Gasteiger partial charge in [-0.1, -0.05) is 30.3 Å². The lowest BCUT2D eigenvalue weighted by atomic mass is 10.0. The highest BCUT2D eigenvalue weighted by atomic mass is 32.2. The Morgan fingerprint density at radius 3 is 2.46 bits per heavy atom. The zero-order chi connectivity index (χ0) is 18.8. The number of rotatable bonds is 5. The first-order chi connectivity index (χ1) is 12.3. The Kier molecular flexibility index (Phi) is 5.34. The first-order valence-corrected chi connectivity index (χ1v) is 10.5. The highest BCUT2D eigenvalue weighted by Crippen LogP contribution is 2.25. The van der Waals surface area contributed by atoms with E-state index in [-0.39, 0.29) is 29.5 Å². The van der Waals surface area contributed by atoms with Crippen LogP contribution >= 0.6 is 0 Å². The van der Waals surface area contributed by atoms with Crippen molar-refractivity contribution in [3.63, 3.8) is 0 Å². The maximum atomic E-state index is 13.6. The molecule has 1 aliphatic rings. The molecule has 6 heteroatoms. The molecule has 0 saturated carbocycles. The second-order valence-electron chi connectivity index (χ2n) is 7.35. The minimum absolute atomic E-state index is 0.184. The Morgan fingerprint density at radius 1 is 1.12 bits per heavy atom. The Morgan fingerprint density at radius 2 is 1.81 bits per heavy atom. The van der Waals surface area contributed by atoms with Crippen LogP contribution in [-0.4, -0.2) is 36.9 Å². The van der Waals surface area contributed by atoms with Crippen molar-refractivity contribution in [1.82, 2.24) is 4.90 Å². The van der Waals surface area contributed by atoms with E-state index in [0.29, 0.717) is 24.4 Å². The molecular weight excluding hydrogens is 353 g/mol. The van der Waals surface area contributed by atoms with Crippen molar-refractivity contribution in [2.24, 2.45) is 0 Å². The molecule has 3 rings (SSSR count). The fraction of sp³-hybridized carbons (Fsp3) is 0.400. The summed E-state index contributed by atoms with van der Waals surface area (Å²) in [7, 11) is -2.95. The van der Waals surface area contributed by atoms with Gasteiger partial charge in [0.05, 0.1) is 11.5 Å². The number of sulfone groups is 1. The molecule has 1 saturated heterocycles. The molecule has 0 radical (unpaired) electrons. The first-order valence-electron chi connectivity index (χ1n) is 8.66. The third-order valence-corrected chi connectivity index (χ3v) is 6.70. The number of benzene rings is 2. The molecule has 0 aliphatic carbocycles. The summed E-state index contributed by atoms with van der Waals surface area (Å²) < 4.78 is 43.0. The molecule has 2 aromatic rings. The molecule has 0 atom stereocenters. The van der Waals surface area contributed by atoms with Crippen LogP contribution in [0.2, 0.25) is 0 Å². The fourth-order valence-electron chi connectivity index (χ4n) is 3.23. The molecule has 26 heavy (non-hydrogen) atoms. The molecule has 2 aromatic carbocycles. The van der Waals surface area contributed by atoms with Crippen LogP contribution in [0.5, 0.6) is 5.75 Å². The standard InChI is InChI=1S/C20H24FNO3S/c1-20(2)15-26(23,24)12-11-22(20)13-16-7-9-18(10-8-16)25-14-17-5-3-4-6-19(17)21/h3-10H,11-15H2,1-2H3. The van der Waals surface area contributed by atoms with Gasteiger partial charge in [0.15, 0.2) is 9.84 Å². The van der Waals surface area contributed by atoms with Crippen LogP contribution in [0.4, 0.5) is 4.39 Å². The zero-order valence-corrected chi connectivity index (χ0v) is 15.9. The topological polar surface area (TPSA) is 46.6 Å². The molecule has 1 fully saturated rings. The van der Waals surface area contributed by atoms with Gasteiger partial charge < -0.3 is 4.74 Å². The van der Waals surface area contributed by atoms with E-state index in [2.05, 4.69) is 4.90 Å². The quantitative estimate of drug-likeness (QED) is 0.801. The number of ether oxygens (including phenoxy) is 1. The van der Waals surface area contributed by atoms with Crippen molar-refractivity contribution in [3.05, 3.63) is 65.5 Å². The minimum atomic E-state index is -2.95. The Balaban J connectivity index is 1.60. The Bertz CT molecular complexity index is 863. The summed E-state index contributed by atoms with van der Waals surface area (Å²) >= 11 is 0. The summed E-state index contributed by atoms with van der Waals surface area (Å²) in [5.41, 5.74) is 1.24. The van der Waals surface area contributed by atoms with Crippen molar-refractivity contribution in [2.45, 2.75) is 32.5 Å². The second-order valence-corrected chi connectivity index (χ2v) is 9.53. The molecule has 0 amide bonds. The maximum absolute atomic E-state index is 13.6. The summed E-state index contributed by atoms with van der Waals surface area (Å²) in [4.78, 5) is 2.20. The van der Waals surface area contributed by atoms with Gasteiger partial charge in [0.25, 0.3) is 0 Å². The average Bonchev–Trinajstić information content (AvgIpc) is 2.57. The summed E-state index contributed by atoms with van der Waals surface area (Å²) in [6.07, 6.45) is 0. The maximum Gasteiger partial charge on any atom is 0.153 e. The molecule has 1 heterocycles. The van der Waals surface area contributed by atoms with Crippen LogP contribution in [0.3, 0.4) is 0 Å². The van der Waals surface area contributed by atoms with E-state index in [0.717, 1.165) is 5.56 Å². The number of halogens is 1. The van der Waals surface area contributed by atoms with Gasteiger partial charge in [-0.05, 0) is 37.6 Å². The van der Waals surface area contributed by atoms with E-state index in [1.54, 1.807) is 18.2 Å². The van der Waals surface area contributed by atoms with Gasteiger partial charge in [0.2, 0.25) is 0 Å². The molecule has 0 N–H and O–H groups in total. The normalized spacial score (nSPS) is 19.2. The SMILES string of the molecule is CC1(C)CS(=O)(=O)CCN1Cc1ccc(OCc2ccccc2F)cc1. The smallest absolute Gasteiger partial charge is 0.153 e. The monoisotopic (exact) mass is 377 g/mol. The van der Waals surface area contributed by atoms with Gasteiger partial charge in [-0.25, -0.2) is 12.8 Å². The third kappa shape index (κ3) is 4.62. The predicted molar refractivity (Wildman–Crippen MR) is 100 cm³/mol. The van der Waals surface area contributed by atoms with Crippen molar-refractivity contribution >= 4 is 9.84 Å². The summed E-state index contributed by atoms with van der Waals surface area (Å²) in [5, 5.41) is 0. The highest BCUT2D eigenvalue weighted by Gasteiger charge is 2.37. The van der Waals surface area contributed by atoms with E-state index in [1.165, 1.54) is 6.07 Å².